The standard InChI is InChI=1S/C30H33Si.3ClH.Ti/c1-19-11-10-14-26(16-19)30(31-27-17-20(2)15-21(3)18-27)29-24(6)22(4)23(5)28(29)25-12-8-7-9-13-25;;;;/h7-18,30H,31H2,1-6H3;3*1H;/q;;;;+3/p-3. The van der Waals surface area contributed by atoms with Crippen molar-refractivity contribution in [1.29, 1.82) is 0 Å². The van der Waals surface area contributed by atoms with Crippen molar-refractivity contribution in [2.24, 2.45) is 0 Å². The molecule has 0 aliphatic heterocycles. The molecular weight excluding hydrogens is 543 g/mol. The van der Waals surface area contributed by atoms with Crippen molar-refractivity contribution in [3.63, 3.8) is 0 Å². The SMILES string of the molecule is CC1=C(C)[C]([Ti+3])(C([SiH2]c2cc(C)cc(C)c2)c2cccc(C)c2)C(c2ccccc2)=C1C.[Cl-].[Cl-].[Cl-]. The molecule has 2 unspecified atom stereocenters. The van der Waals surface area contributed by atoms with Crippen LogP contribution in [0.4, 0.5) is 0 Å². The summed E-state index contributed by atoms with van der Waals surface area (Å²) in [5.74, 6) is 0. The molecule has 0 fully saturated rings. The maximum atomic E-state index is 2.52. The molecular formula is C30H33Cl3SiTi. The molecule has 1 aliphatic carbocycles. The molecule has 0 radical (unpaired) electrons. The van der Waals surface area contributed by atoms with Gasteiger partial charge in [-0.1, -0.05) is 0 Å². The van der Waals surface area contributed by atoms with E-state index in [0.29, 0.717) is 5.54 Å². The minimum atomic E-state index is -0.623. The van der Waals surface area contributed by atoms with Crippen LogP contribution in [0.15, 0.2) is 89.5 Å². The molecule has 182 valence electrons. The Morgan fingerprint density at radius 2 is 1.26 bits per heavy atom. The van der Waals surface area contributed by atoms with E-state index < -0.39 is 9.52 Å². The van der Waals surface area contributed by atoms with E-state index in [1.807, 2.05) is 0 Å². The number of hydrogen-bond donors (Lipinski definition) is 0. The Labute approximate surface area is 244 Å². The molecule has 0 saturated heterocycles. The van der Waals surface area contributed by atoms with E-state index in [2.05, 4.69) is 135 Å². The van der Waals surface area contributed by atoms with E-state index in [1.165, 1.54) is 50.1 Å². The van der Waals surface area contributed by atoms with E-state index in [-0.39, 0.29) is 40.9 Å². The van der Waals surface area contributed by atoms with Gasteiger partial charge in [0.1, 0.15) is 0 Å². The third kappa shape index (κ3) is 6.27. The van der Waals surface area contributed by atoms with Gasteiger partial charge in [-0.3, -0.25) is 0 Å². The largest absolute Gasteiger partial charge is 1.00 e. The number of aryl methyl sites for hydroxylation is 3. The van der Waals surface area contributed by atoms with Crippen molar-refractivity contribution in [3.05, 3.63) is 117 Å². The van der Waals surface area contributed by atoms with E-state index in [9.17, 15) is 0 Å². The quantitative estimate of drug-likeness (QED) is 0.300. The molecule has 0 aromatic heterocycles. The molecule has 0 heterocycles. The molecule has 3 aromatic carbocycles. The normalized spacial score (nSPS) is 18.3. The van der Waals surface area contributed by atoms with Crippen LogP contribution in [0.3, 0.4) is 0 Å². The van der Waals surface area contributed by atoms with Gasteiger partial charge in [-0.15, -0.1) is 0 Å². The number of rotatable bonds is 5. The molecule has 5 heteroatoms. The summed E-state index contributed by atoms with van der Waals surface area (Å²) in [5.41, 5.74) is 13.5. The first-order valence-electron chi connectivity index (χ1n) is 11.6. The summed E-state index contributed by atoms with van der Waals surface area (Å²) in [7, 11) is -0.623. The zero-order valence-electron chi connectivity index (χ0n) is 21.3. The Hall–Kier alpha value is -1.06. The first kappa shape index (κ1) is 32.0. The van der Waals surface area contributed by atoms with Crippen LogP contribution in [-0.4, -0.2) is 9.52 Å². The fourth-order valence-corrected chi connectivity index (χ4v) is 9.77. The van der Waals surface area contributed by atoms with Crippen LogP contribution < -0.4 is 42.4 Å². The number of benzene rings is 3. The summed E-state index contributed by atoms with van der Waals surface area (Å²) in [6, 6.07) is 27.5. The van der Waals surface area contributed by atoms with Crippen molar-refractivity contribution in [3.8, 4) is 0 Å². The predicted molar refractivity (Wildman–Crippen MR) is 138 cm³/mol. The summed E-state index contributed by atoms with van der Waals surface area (Å²) in [4.78, 5) is 0. The Balaban J connectivity index is 0.00000204. The smallest absolute Gasteiger partial charge is 1.00 e. The van der Waals surface area contributed by atoms with Crippen LogP contribution in [0.5, 0.6) is 0 Å². The molecule has 0 amide bonds. The number of hydrogen-bond acceptors (Lipinski definition) is 0. The number of halogens is 3. The summed E-state index contributed by atoms with van der Waals surface area (Å²) in [6.07, 6.45) is 0. The van der Waals surface area contributed by atoms with Gasteiger partial charge in [0.15, 0.2) is 0 Å². The minimum Gasteiger partial charge on any atom is -1.00 e. The number of allylic oxidation sites excluding steroid dienone is 4. The second kappa shape index (κ2) is 13.0. The topological polar surface area (TPSA) is 0 Å². The van der Waals surface area contributed by atoms with Crippen molar-refractivity contribution in [1.82, 2.24) is 0 Å². The maximum Gasteiger partial charge on any atom is -1.00 e. The van der Waals surface area contributed by atoms with Crippen LogP contribution in [0, 0.1) is 20.8 Å². The van der Waals surface area contributed by atoms with Crippen LogP contribution >= 0.6 is 0 Å². The molecule has 0 N–H and O–H groups in total. The van der Waals surface area contributed by atoms with Gasteiger partial charge in [0.25, 0.3) is 0 Å². The zero-order valence-corrected chi connectivity index (χ0v) is 26.6. The fraction of sp³-hybridized carbons (Fsp3) is 0.267. The van der Waals surface area contributed by atoms with Gasteiger partial charge in [-0.25, -0.2) is 0 Å². The molecule has 0 bridgehead atoms. The summed E-state index contributed by atoms with van der Waals surface area (Å²) >= 11 is 2.52. The van der Waals surface area contributed by atoms with Crippen molar-refractivity contribution >= 4 is 20.3 Å². The molecule has 35 heavy (non-hydrogen) atoms. The molecule has 4 rings (SSSR count). The zero-order chi connectivity index (χ0) is 23.0. The van der Waals surface area contributed by atoms with E-state index in [0.717, 1.165) is 0 Å². The Bertz CT molecular complexity index is 1210. The average molecular weight is 576 g/mol. The first-order chi connectivity index (χ1) is 15.2. The van der Waals surface area contributed by atoms with Crippen molar-refractivity contribution in [2.45, 2.75) is 50.8 Å². The molecule has 0 spiro atoms. The van der Waals surface area contributed by atoms with Crippen LogP contribution in [0.2, 0.25) is 3.72 Å². The second-order valence-corrected chi connectivity index (χ2v) is 12.9. The van der Waals surface area contributed by atoms with Crippen LogP contribution in [0.1, 0.15) is 54.1 Å². The van der Waals surface area contributed by atoms with Crippen LogP contribution in [-0.2, 0) is 20.4 Å². The fourth-order valence-electron chi connectivity index (χ4n) is 5.56. The summed E-state index contributed by atoms with van der Waals surface area (Å²) < 4.78 is -0.00676. The predicted octanol–water partition coefficient (Wildman–Crippen LogP) is -2.31. The summed E-state index contributed by atoms with van der Waals surface area (Å²) in [5, 5.41) is 1.57. The molecule has 2 atom stereocenters. The minimum absolute atomic E-state index is 0. The van der Waals surface area contributed by atoms with Gasteiger partial charge in [0.05, 0.1) is 0 Å². The monoisotopic (exact) mass is 574 g/mol. The van der Waals surface area contributed by atoms with Crippen molar-refractivity contribution < 1.29 is 57.7 Å². The van der Waals surface area contributed by atoms with Gasteiger partial charge in [-0.05, 0) is 0 Å². The van der Waals surface area contributed by atoms with Gasteiger partial charge < -0.3 is 37.2 Å². The van der Waals surface area contributed by atoms with Crippen LogP contribution in [0.25, 0.3) is 5.57 Å². The van der Waals surface area contributed by atoms with E-state index in [4.69, 9.17) is 0 Å². The van der Waals surface area contributed by atoms with Gasteiger partial charge in [0.2, 0.25) is 0 Å². The van der Waals surface area contributed by atoms with Gasteiger partial charge in [0, 0.05) is 0 Å². The molecule has 1 aliphatic rings. The third-order valence-corrected chi connectivity index (χ3v) is 11.8. The molecule has 0 saturated carbocycles. The van der Waals surface area contributed by atoms with E-state index >= 15 is 0 Å². The first-order valence-corrected chi connectivity index (χ1v) is 13.9. The maximum absolute atomic E-state index is 2.52. The Morgan fingerprint density at radius 3 is 1.83 bits per heavy atom. The van der Waals surface area contributed by atoms with Crippen molar-refractivity contribution in [2.75, 3.05) is 0 Å². The molecule has 0 nitrogen and oxygen atoms in total. The summed E-state index contributed by atoms with van der Waals surface area (Å²) in [6.45, 7) is 13.7. The van der Waals surface area contributed by atoms with E-state index in [1.54, 1.807) is 5.19 Å². The Kier molecular flexibility index (Phi) is 11.8. The van der Waals surface area contributed by atoms with Gasteiger partial charge >= 0.3 is 209 Å². The van der Waals surface area contributed by atoms with Gasteiger partial charge in [-0.2, -0.15) is 0 Å². The second-order valence-electron chi connectivity index (χ2n) is 9.59. The third-order valence-electron chi connectivity index (χ3n) is 7.24. The average Bonchev–Trinajstić information content (AvgIpc) is 2.92. The molecule has 3 aromatic rings. The Morgan fingerprint density at radius 1 is 0.657 bits per heavy atom.